The number of nitrogens with zero attached hydrogens (tertiary/aromatic N) is 2. The lowest BCUT2D eigenvalue weighted by molar-refractivity contribution is -0.139. The fraction of sp³-hybridized carbons (Fsp3) is 0.310. The maximum absolute atomic E-state index is 14.9. The Morgan fingerprint density at radius 2 is 1.54 bits per heavy atom. The summed E-state index contributed by atoms with van der Waals surface area (Å²) in [6.45, 7) is 6.20. The van der Waals surface area contributed by atoms with Crippen molar-refractivity contribution in [3.05, 3.63) is 95.6 Å². The lowest BCUT2D eigenvalue weighted by Crippen LogP contribution is -2.52. The molecule has 1 N–H and O–H groups in total. The Labute approximate surface area is 228 Å². The fourth-order valence-corrected chi connectivity index (χ4v) is 5.26. The summed E-state index contributed by atoms with van der Waals surface area (Å²) in [4.78, 5) is 27.9. The van der Waals surface area contributed by atoms with Crippen molar-refractivity contribution in [1.82, 2.24) is 10.2 Å². The van der Waals surface area contributed by atoms with Crippen LogP contribution in [0.1, 0.15) is 38.3 Å². The first-order valence-corrected chi connectivity index (χ1v) is 14.1. The van der Waals surface area contributed by atoms with E-state index < -0.39 is 46.1 Å². The van der Waals surface area contributed by atoms with Gasteiger partial charge in [0, 0.05) is 12.6 Å². The predicted molar refractivity (Wildman–Crippen MR) is 146 cm³/mol. The van der Waals surface area contributed by atoms with Crippen LogP contribution in [0.2, 0.25) is 0 Å². The molecule has 0 saturated carbocycles. The number of rotatable bonds is 11. The van der Waals surface area contributed by atoms with Crippen molar-refractivity contribution in [2.24, 2.45) is 0 Å². The van der Waals surface area contributed by atoms with Gasteiger partial charge in [0.15, 0.2) is 0 Å². The highest BCUT2D eigenvalue weighted by Crippen LogP contribution is 2.27. The van der Waals surface area contributed by atoms with Gasteiger partial charge in [-0.25, -0.2) is 17.2 Å². The van der Waals surface area contributed by atoms with Crippen molar-refractivity contribution < 1.29 is 26.8 Å². The zero-order valence-corrected chi connectivity index (χ0v) is 23.2. The molecule has 0 fully saturated rings. The third kappa shape index (κ3) is 7.41. The van der Waals surface area contributed by atoms with Gasteiger partial charge >= 0.3 is 0 Å². The van der Waals surface area contributed by atoms with Gasteiger partial charge in [-0.2, -0.15) is 0 Å². The molecule has 10 heteroatoms. The number of hydrogen-bond donors (Lipinski definition) is 1. The summed E-state index contributed by atoms with van der Waals surface area (Å²) in [5.41, 5.74) is 1.06. The number of halogens is 2. The number of sulfonamides is 1. The molecule has 3 aromatic rings. The molecule has 2 atom stereocenters. The van der Waals surface area contributed by atoms with Crippen molar-refractivity contribution in [2.45, 2.75) is 57.6 Å². The summed E-state index contributed by atoms with van der Waals surface area (Å²) in [5.74, 6) is -2.45. The van der Waals surface area contributed by atoms with Crippen molar-refractivity contribution in [1.29, 1.82) is 0 Å². The molecule has 208 valence electrons. The van der Waals surface area contributed by atoms with Crippen molar-refractivity contribution >= 4 is 27.5 Å². The highest BCUT2D eigenvalue weighted by Gasteiger charge is 2.33. The van der Waals surface area contributed by atoms with E-state index in [2.05, 4.69) is 5.32 Å². The summed E-state index contributed by atoms with van der Waals surface area (Å²) in [6.07, 6.45) is 0.667. The minimum atomic E-state index is -4.37. The molecule has 0 spiro atoms. The van der Waals surface area contributed by atoms with Gasteiger partial charge in [-0.1, -0.05) is 48.9 Å². The van der Waals surface area contributed by atoms with Gasteiger partial charge in [0.2, 0.25) is 11.8 Å². The van der Waals surface area contributed by atoms with Crippen LogP contribution in [-0.4, -0.2) is 43.8 Å². The van der Waals surface area contributed by atoms with Crippen LogP contribution in [0.4, 0.5) is 14.5 Å². The highest BCUT2D eigenvalue weighted by molar-refractivity contribution is 7.92. The summed E-state index contributed by atoms with van der Waals surface area (Å²) in [6, 6.07) is 15.5. The average molecular weight is 558 g/mol. The Kier molecular flexibility index (Phi) is 9.80. The van der Waals surface area contributed by atoms with Crippen LogP contribution < -0.4 is 9.62 Å². The summed E-state index contributed by atoms with van der Waals surface area (Å²) in [7, 11) is -4.37. The highest BCUT2D eigenvalue weighted by atomic mass is 32.2. The minimum Gasteiger partial charge on any atom is -0.352 e. The predicted octanol–water partition coefficient (Wildman–Crippen LogP) is 4.80. The molecule has 3 rings (SSSR count). The third-order valence-electron chi connectivity index (χ3n) is 6.44. The zero-order chi connectivity index (χ0) is 28.7. The van der Waals surface area contributed by atoms with Crippen LogP contribution in [0.15, 0.2) is 77.7 Å². The Morgan fingerprint density at radius 1 is 0.923 bits per heavy atom. The first-order valence-electron chi connectivity index (χ1n) is 12.6. The summed E-state index contributed by atoms with van der Waals surface area (Å²) >= 11 is 0. The van der Waals surface area contributed by atoms with Gasteiger partial charge < -0.3 is 10.2 Å². The van der Waals surface area contributed by atoms with Gasteiger partial charge in [0.05, 0.1) is 10.6 Å². The van der Waals surface area contributed by atoms with Crippen LogP contribution in [0.3, 0.4) is 0 Å². The van der Waals surface area contributed by atoms with Crippen LogP contribution in [-0.2, 0) is 26.2 Å². The van der Waals surface area contributed by atoms with E-state index in [1.807, 2.05) is 13.8 Å². The molecule has 2 unspecified atom stereocenters. The number of benzene rings is 3. The van der Waals surface area contributed by atoms with E-state index in [1.54, 1.807) is 19.1 Å². The van der Waals surface area contributed by atoms with Gasteiger partial charge in [-0.15, -0.1) is 0 Å². The van der Waals surface area contributed by atoms with E-state index in [0.717, 1.165) is 11.6 Å². The van der Waals surface area contributed by atoms with E-state index in [-0.39, 0.29) is 23.2 Å². The van der Waals surface area contributed by atoms with Crippen LogP contribution in [0.5, 0.6) is 0 Å². The quantitative estimate of drug-likeness (QED) is 0.367. The number of carbonyl (C=O) groups excluding carboxylic acids is 2. The fourth-order valence-electron chi connectivity index (χ4n) is 3.84. The van der Waals surface area contributed by atoms with E-state index in [9.17, 15) is 26.8 Å². The second-order valence-corrected chi connectivity index (χ2v) is 11.3. The topological polar surface area (TPSA) is 86.8 Å². The molecule has 0 radical (unpaired) electrons. The number of hydrogen-bond acceptors (Lipinski definition) is 4. The molecule has 0 aliphatic rings. The maximum Gasteiger partial charge on any atom is 0.264 e. The maximum atomic E-state index is 14.9. The van der Waals surface area contributed by atoms with Crippen molar-refractivity contribution in [3.63, 3.8) is 0 Å². The van der Waals surface area contributed by atoms with E-state index >= 15 is 0 Å². The zero-order valence-electron chi connectivity index (χ0n) is 22.4. The molecule has 0 aliphatic heterocycles. The Balaban J connectivity index is 2.03. The molecule has 39 heavy (non-hydrogen) atoms. The molecule has 0 saturated heterocycles. The molecule has 0 heterocycles. The normalized spacial score (nSPS) is 12.9. The van der Waals surface area contributed by atoms with Crippen LogP contribution in [0.25, 0.3) is 0 Å². The lowest BCUT2D eigenvalue weighted by atomic mass is 10.1. The summed E-state index contributed by atoms with van der Waals surface area (Å²) < 4.78 is 56.6. The molecule has 3 aromatic carbocycles. The Hall–Kier alpha value is -3.79. The molecular weight excluding hydrogens is 524 g/mol. The monoisotopic (exact) mass is 557 g/mol. The van der Waals surface area contributed by atoms with Crippen molar-refractivity contribution in [3.8, 4) is 0 Å². The molecule has 2 amide bonds. The standard InChI is InChI=1S/C29H33F2N3O4S/c1-5-21(3)32-29(36)22(4)33(18-23-12-14-24(30)15-13-23)28(35)19-34(27-9-7-6-8-26(27)31)39(37,38)25-16-10-20(2)11-17-25/h6-17,21-22H,5,18-19H2,1-4H3,(H,32,36). The molecule has 0 aliphatic carbocycles. The Morgan fingerprint density at radius 3 is 2.13 bits per heavy atom. The molecule has 0 bridgehead atoms. The van der Waals surface area contributed by atoms with Crippen molar-refractivity contribution in [2.75, 3.05) is 10.8 Å². The summed E-state index contributed by atoms with van der Waals surface area (Å²) in [5, 5.41) is 2.83. The largest absolute Gasteiger partial charge is 0.352 e. The molecular formula is C29H33F2N3O4S. The van der Waals surface area contributed by atoms with Gasteiger partial charge in [0.1, 0.15) is 24.2 Å². The van der Waals surface area contributed by atoms with Crippen LogP contribution in [0, 0.1) is 18.6 Å². The second-order valence-electron chi connectivity index (χ2n) is 9.42. The number of aryl methyl sites for hydroxylation is 1. The molecule has 7 nitrogen and oxygen atoms in total. The smallest absolute Gasteiger partial charge is 0.264 e. The number of nitrogens with one attached hydrogen (secondary N) is 1. The number of para-hydroxylation sites is 1. The average Bonchev–Trinajstić information content (AvgIpc) is 2.91. The number of carbonyl (C=O) groups is 2. The van der Waals surface area contributed by atoms with Crippen LogP contribution >= 0.6 is 0 Å². The third-order valence-corrected chi connectivity index (χ3v) is 8.22. The molecule has 0 aromatic heterocycles. The lowest BCUT2D eigenvalue weighted by Gasteiger charge is -2.32. The van der Waals surface area contributed by atoms with E-state index in [4.69, 9.17) is 0 Å². The minimum absolute atomic E-state index is 0.0934. The van der Waals surface area contributed by atoms with Gasteiger partial charge in [-0.3, -0.25) is 13.9 Å². The number of amides is 2. The van der Waals surface area contributed by atoms with Gasteiger partial charge in [-0.05, 0) is 69.2 Å². The first kappa shape index (κ1) is 29.8. The number of anilines is 1. The van der Waals surface area contributed by atoms with Gasteiger partial charge in [0.25, 0.3) is 10.0 Å². The Bertz CT molecular complexity index is 1400. The first-order chi connectivity index (χ1) is 18.4. The second kappa shape index (κ2) is 12.8. The van der Waals surface area contributed by atoms with E-state index in [1.165, 1.54) is 66.4 Å². The SMILES string of the molecule is CCC(C)NC(=O)C(C)N(Cc1ccc(F)cc1)C(=O)CN(c1ccccc1F)S(=O)(=O)c1ccc(C)cc1. The van der Waals surface area contributed by atoms with E-state index in [0.29, 0.717) is 16.3 Å².